The molecule has 0 fully saturated rings. The van der Waals surface area contributed by atoms with Crippen LogP contribution in [0.15, 0.2) is 42.5 Å². The van der Waals surface area contributed by atoms with Crippen molar-refractivity contribution in [2.75, 3.05) is 0 Å². The van der Waals surface area contributed by atoms with Crippen molar-refractivity contribution in [3.8, 4) is 17.0 Å². The first-order chi connectivity index (χ1) is 12.5. The van der Waals surface area contributed by atoms with Crippen molar-refractivity contribution in [2.45, 2.75) is 20.1 Å². The minimum atomic E-state index is -0.355. The van der Waals surface area contributed by atoms with Crippen LogP contribution in [0, 0.1) is 12.7 Å². The molecule has 0 atom stereocenters. The molecule has 2 heterocycles. The molecule has 3 aromatic rings. The first-order valence-electron chi connectivity index (χ1n) is 8.35. The Balaban J connectivity index is 1.63. The van der Waals surface area contributed by atoms with Gasteiger partial charge in [-0.25, -0.2) is 4.39 Å². The lowest BCUT2D eigenvalue weighted by Crippen LogP contribution is -2.25. The predicted octanol–water partition coefficient (Wildman–Crippen LogP) is 3.36. The second-order valence-electron chi connectivity index (χ2n) is 6.40. The molecule has 0 bridgehead atoms. The van der Waals surface area contributed by atoms with Crippen molar-refractivity contribution in [3.63, 3.8) is 0 Å². The molecule has 0 aliphatic carbocycles. The second-order valence-corrected chi connectivity index (χ2v) is 6.40. The second kappa shape index (κ2) is 6.29. The lowest BCUT2D eigenvalue weighted by atomic mass is 10.0. The normalized spacial score (nSPS) is 12.1. The molecule has 4 rings (SSSR count). The number of carbonyl (C=O) groups is 1. The third kappa shape index (κ3) is 2.83. The lowest BCUT2D eigenvalue weighted by molar-refractivity contribution is 0.0942. The number of nitrogens with one attached hydrogen (secondary N) is 1. The van der Waals surface area contributed by atoms with Crippen LogP contribution in [0.4, 0.5) is 4.39 Å². The van der Waals surface area contributed by atoms with Crippen molar-refractivity contribution in [2.24, 2.45) is 7.05 Å². The number of aromatic nitrogens is 2. The van der Waals surface area contributed by atoms with Crippen LogP contribution < -0.4 is 10.1 Å². The van der Waals surface area contributed by atoms with E-state index in [1.807, 2.05) is 31.2 Å². The predicted molar refractivity (Wildman–Crippen MR) is 95.3 cm³/mol. The summed E-state index contributed by atoms with van der Waals surface area (Å²) < 4.78 is 21.0. The van der Waals surface area contributed by atoms with Gasteiger partial charge in [0.15, 0.2) is 5.69 Å². The fourth-order valence-corrected chi connectivity index (χ4v) is 3.28. The number of ether oxygens (including phenoxy) is 1. The summed E-state index contributed by atoms with van der Waals surface area (Å²) in [5.41, 5.74) is 4.47. The standard InChI is InChI=1S/C20H18FN3O2/c1-12-4-3-5-13(8-12)10-22-20(25)18-16-11-26-17-7-6-14(21)9-15(17)19(16)24(2)23-18/h3-9H,10-11H2,1-2H3,(H,22,25). The van der Waals surface area contributed by atoms with Gasteiger partial charge in [0.05, 0.1) is 5.69 Å². The van der Waals surface area contributed by atoms with E-state index in [0.717, 1.165) is 11.1 Å². The Morgan fingerprint density at radius 3 is 2.96 bits per heavy atom. The number of hydrogen-bond acceptors (Lipinski definition) is 3. The summed E-state index contributed by atoms with van der Waals surface area (Å²) in [6, 6.07) is 12.3. The molecular weight excluding hydrogens is 333 g/mol. The van der Waals surface area contributed by atoms with E-state index in [2.05, 4.69) is 10.4 Å². The molecule has 0 spiro atoms. The van der Waals surface area contributed by atoms with Crippen LogP contribution in [-0.2, 0) is 20.2 Å². The molecule has 0 saturated heterocycles. The molecule has 1 aliphatic heterocycles. The van der Waals surface area contributed by atoms with Crippen molar-refractivity contribution in [3.05, 3.63) is 70.7 Å². The number of aryl methyl sites for hydroxylation is 2. The van der Waals surface area contributed by atoms with Crippen LogP contribution in [-0.4, -0.2) is 15.7 Å². The van der Waals surface area contributed by atoms with Gasteiger partial charge in [0.25, 0.3) is 5.91 Å². The highest BCUT2D eigenvalue weighted by Gasteiger charge is 2.28. The molecular formula is C20H18FN3O2. The van der Waals surface area contributed by atoms with Gasteiger partial charge in [-0.15, -0.1) is 0 Å². The van der Waals surface area contributed by atoms with Gasteiger partial charge in [-0.05, 0) is 30.7 Å². The van der Waals surface area contributed by atoms with Gasteiger partial charge in [0, 0.05) is 24.7 Å². The maximum Gasteiger partial charge on any atom is 0.272 e. The number of halogens is 1. The van der Waals surface area contributed by atoms with E-state index in [4.69, 9.17) is 4.74 Å². The summed E-state index contributed by atoms with van der Waals surface area (Å²) in [4.78, 5) is 12.7. The summed E-state index contributed by atoms with van der Waals surface area (Å²) >= 11 is 0. The number of rotatable bonds is 3. The SMILES string of the molecule is Cc1cccc(CNC(=O)c2nn(C)c3c2COc2ccc(F)cc2-3)c1. The highest BCUT2D eigenvalue weighted by Crippen LogP contribution is 2.38. The first kappa shape index (κ1) is 16.3. The molecule has 5 nitrogen and oxygen atoms in total. The van der Waals surface area contributed by atoms with E-state index < -0.39 is 0 Å². The summed E-state index contributed by atoms with van der Waals surface area (Å²) in [6.07, 6.45) is 0. The van der Waals surface area contributed by atoms with E-state index >= 15 is 0 Å². The zero-order valence-corrected chi connectivity index (χ0v) is 14.5. The molecule has 6 heteroatoms. The molecule has 2 aromatic carbocycles. The molecule has 1 aromatic heterocycles. The number of nitrogens with zero attached hydrogens (tertiary/aromatic N) is 2. The van der Waals surface area contributed by atoms with Crippen molar-refractivity contribution in [1.82, 2.24) is 15.1 Å². The fourth-order valence-electron chi connectivity index (χ4n) is 3.28. The Morgan fingerprint density at radius 1 is 1.31 bits per heavy atom. The van der Waals surface area contributed by atoms with Gasteiger partial charge in [-0.2, -0.15) is 5.10 Å². The molecule has 1 amide bonds. The molecule has 132 valence electrons. The fraction of sp³-hybridized carbons (Fsp3) is 0.200. The molecule has 1 aliphatic rings. The van der Waals surface area contributed by atoms with Crippen LogP contribution in [0.25, 0.3) is 11.3 Å². The number of hydrogen-bond donors (Lipinski definition) is 1. The Hall–Kier alpha value is -3.15. The zero-order chi connectivity index (χ0) is 18.3. The monoisotopic (exact) mass is 351 g/mol. The highest BCUT2D eigenvalue weighted by atomic mass is 19.1. The van der Waals surface area contributed by atoms with Crippen LogP contribution in [0.2, 0.25) is 0 Å². The molecule has 26 heavy (non-hydrogen) atoms. The smallest absolute Gasteiger partial charge is 0.272 e. The van der Waals surface area contributed by atoms with E-state index in [0.29, 0.717) is 34.8 Å². The average Bonchev–Trinajstić information content (AvgIpc) is 2.97. The molecule has 0 saturated carbocycles. The maximum atomic E-state index is 13.7. The summed E-state index contributed by atoms with van der Waals surface area (Å²) in [5.74, 6) is -0.0349. The van der Waals surface area contributed by atoms with Crippen LogP contribution >= 0.6 is 0 Å². The van der Waals surface area contributed by atoms with Gasteiger partial charge >= 0.3 is 0 Å². The van der Waals surface area contributed by atoms with Crippen LogP contribution in [0.3, 0.4) is 0 Å². The molecule has 0 unspecified atom stereocenters. The molecule has 1 N–H and O–H groups in total. The van der Waals surface area contributed by atoms with Crippen molar-refractivity contribution >= 4 is 5.91 Å². The van der Waals surface area contributed by atoms with Crippen molar-refractivity contribution < 1.29 is 13.9 Å². The topological polar surface area (TPSA) is 56.2 Å². The first-order valence-corrected chi connectivity index (χ1v) is 8.35. The van der Waals surface area contributed by atoms with Gasteiger partial charge in [0.1, 0.15) is 18.2 Å². The Bertz CT molecular complexity index is 1010. The van der Waals surface area contributed by atoms with E-state index in [-0.39, 0.29) is 18.3 Å². The van der Waals surface area contributed by atoms with Gasteiger partial charge in [-0.1, -0.05) is 29.8 Å². The number of carbonyl (C=O) groups excluding carboxylic acids is 1. The number of benzene rings is 2. The number of fused-ring (bicyclic) bond motifs is 3. The lowest BCUT2D eigenvalue weighted by Gasteiger charge is -2.18. The van der Waals surface area contributed by atoms with Crippen LogP contribution in [0.5, 0.6) is 5.75 Å². The van der Waals surface area contributed by atoms with E-state index in [1.54, 1.807) is 17.8 Å². The largest absolute Gasteiger partial charge is 0.488 e. The van der Waals surface area contributed by atoms with E-state index in [9.17, 15) is 9.18 Å². The Kier molecular flexibility index (Phi) is 3.95. The summed E-state index contributed by atoms with van der Waals surface area (Å²) in [6.45, 7) is 2.65. The zero-order valence-electron chi connectivity index (χ0n) is 14.5. The van der Waals surface area contributed by atoms with Gasteiger partial charge in [0.2, 0.25) is 0 Å². The summed E-state index contributed by atoms with van der Waals surface area (Å²) in [5, 5.41) is 7.25. The number of amides is 1. The molecule has 0 radical (unpaired) electrons. The quantitative estimate of drug-likeness (QED) is 0.787. The van der Waals surface area contributed by atoms with Crippen LogP contribution in [0.1, 0.15) is 27.2 Å². The minimum Gasteiger partial charge on any atom is -0.488 e. The van der Waals surface area contributed by atoms with Gasteiger partial charge in [-0.3, -0.25) is 9.48 Å². The third-order valence-corrected chi connectivity index (χ3v) is 4.46. The Morgan fingerprint density at radius 2 is 2.15 bits per heavy atom. The van der Waals surface area contributed by atoms with Gasteiger partial charge < -0.3 is 10.1 Å². The Labute approximate surface area is 150 Å². The highest BCUT2D eigenvalue weighted by molar-refractivity contribution is 5.96. The minimum absolute atomic E-state index is 0.231. The average molecular weight is 351 g/mol. The maximum absolute atomic E-state index is 13.7. The third-order valence-electron chi connectivity index (χ3n) is 4.46. The van der Waals surface area contributed by atoms with Crippen molar-refractivity contribution in [1.29, 1.82) is 0 Å². The van der Waals surface area contributed by atoms with E-state index in [1.165, 1.54) is 12.1 Å². The summed E-state index contributed by atoms with van der Waals surface area (Å²) in [7, 11) is 1.75.